The second kappa shape index (κ2) is 7.02. The molecular formula is C14H16BrN3O2S. The Kier molecular flexibility index (Phi) is 5.33. The van der Waals surface area contributed by atoms with Gasteiger partial charge in [0, 0.05) is 35.6 Å². The molecule has 0 amide bonds. The smallest absolute Gasteiger partial charge is 0.240 e. The molecule has 0 aliphatic heterocycles. The van der Waals surface area contributed by atoms with Crippen molar-refractivity contribution in [1.82, 2.24) is 9.71 Å². The van der Waals surface area contributed by atoms with Crippen molar-refractivity contribution in [2.24, 2.45) is 0 Å². The van der Waals surface area contributed by atoms with Crippen molar-refractivity contribution < 1.29 is 8.42 Å². The summed E-state index contributed by atoms with van der Waals surface area (Å²) in [6.07, 6.45) is 3.51. The normalized spacial score (nSPS) is 11.3. The molecule has 0 aliphatic rings. The number of pyridine rings is 1. The molecular weight excluding hydrogens is 354 g/mol. The van der Waals surface area contributed by atoms with Crippen LogP contribution in [0.3, 0.4) is 0 Å². The number of hydrogen-bond donors (Lipinski definition) is 2. The molecule has 0 radical (unpaired) electrons. The Bertz CT molecular complexity index is 702. The van der Waals surface area contributed by atoms with E-state index in [1.165, 1.54) is 0 Å². The van der Waals surface area contributed by atoms with Gasteiger partial charge in [-0.15, -0.1) is 0 Å². The number of nitrogens with zero attached hydrogens (tertiary/aromatic N) is 1. The molecule has 7 heteroatoms. The summed E-state index contributed by atoms with van der Waals surface area (Å²) in [4.78, 5) is 4.35. The van der Waals surface area contributed by atoms with E-state index in [4.69, 9.17) is 0 Å². The molecule has 2 rings (SSSR count). The maximum Gasteiger partial charge on any atom is 0.240 e. The van der Waals surface area contributed by atoms with Crippen LogP contribution < -0.4 is 10.0 Å². The van der Waals surface area contributed by atoms with Gasteiger partial charge in [-0.1, -0.05) is 6.92 Å². The fourth-order valence-electron chi connectivity index (χ4n) is 1.78. The van der Waals surface area contributed by atoms with Crippen LogP contribution in [0.4, 0.5) is 5.69 Å². The van der Waals surface area contributed by atoms with Gasteiger partial charge >= 0.3 is 0 Å². The number of sulfonamides is 1. The van der Waals surface area contributed by atoms with Crippen molar-refractivity contribution >= 4 is 31.6 Å². The fourth-order valence-corrected chi connectivity index (χ4v) is 3.24. The first-order valence-corrected chi connectivity index (χ1v) is 8.72. The van der Waals surface area contributed by atoms with Crippen LogP contribution in [0, 0.1) is 0 Å². The summed E-state index contributed by atoms with van der Waals surface area (Å²) in [6, 6.07) is 8.63. The molecule has 0 unspecified atom stereocenters. The third-order valence-corrected chi connectivity index (χ3v) is 4.75. The van der Waals surface area contributed by atoms with Crippen molar-refractivity contribution in [3.63, 3.8) is 0 Å². The quantitative estimate of drug-likeness (QED) is 0.820. The topological polar surface area (TPSA) is 71.1 Å². The number of anilines is 1. The molecule has 0 saturated carbocycles. The van der Waals surface area contributed by atoms with Gasteiger partial charge in [0.05, 0.1) is 4.90 Å². The van der Waals surface area contributed by atoms with Gasteiger partial charge in [0.1, 0.15) is 0 Å². The van der Waals surface area contributed by atoms with E-state index in [1.54, 1.807) is 43.6 Å². The van der Waals surface area contributed by atoms with Crippen LogP contribution >= 0.6 is 15.9 Å². The lowest BCUT2D eigenvalue weighted by Gasteiger charge is -2.08. The average molecular weight is 370 g/mol. The van der Waals surface area contributed by atoms with Gasteiger partial charge in [0.15, 0.2) is 0 Å². The first-order chi connectivity index (χ1) is 10.0. The van der Waals surface area contributed by atoms with E-state index in [0.717, 1.165) is 15.7 Å². The van der Waals surface area contributed by atoms with Gasteiger partial charge in [0.25, 0.3) is 0 Å². The zero-order chi connectivity index (χ0) is 15.3. The second-order valence-electron chi connectivity index (χ2n) is 4.39. The highest BCUT2D eigenvalue weighted by atomic mass is 79.9. The van der Waals surface area contributed by atoms with E-state index in [-0.39, 0.29) is 4.90 Å². The average Bonchev–Trinajstić information content (AvgIpc) is 2.46. The monoisotopic (exact) mass is 369 g/mol. The summed E-state index contributed by atoms with van der Waals surface area (Å²) in [5.41, 5.74) is 1.89. The molecule has 5 nitrogen and oxygen atoms in total. The Balaban J connectivity index is 2.03. The van der Waals surface area contributed by atoms with E-state index in [1.807, 2.05) is 6.07 Å². The highest BCUT2D eigenvalue weighted by Gasteiger charge is 2.11. The Hall–Kier alpha value is -1.44. The highest BCUT2D eigenvalue weighted by Crippen LogP contribution is 2.15. The molecule has 1 heterocycles. The van der Waals surface area contributed by atoms with Gasteiger partial charge in [-0.2, -0.15) is 0 Å². The largest absolute Gasteiger partial charge is 0.381 e. The van der Waals surface area contributed by atoms with Crippen LogP contribution in [-0.4, -0.2) is 19.9 Å². The minimum atomic E-state index is -3.39. The predicted molar refractivity (Wildman–Crippen MR) is 86.6 cm³/mol. The van der Waals surface area contributed by atoms with Crippen molar-refractivity contribution in [2.75, 3.05) is 11.9 Å². The molecule has 2 N–H and O–H groups in total. The number of halogens is 1. The summed E-state index contributed by atoms with van der Waals surface area (Å²) < 4.78 is 27.0. The molecule has 1 aromatic carbocycles. The minimum absolute atomic E-state index is 0.263. The summed E-state index contributed by atoms with van der Waals surface area (Å²) >= 11 is 3.37. The second-order valence-corrected chi connectivity index (χ2v) is 7.07. The fraction of sp³-hybridized carbons (Fsp3) is 0.214. The van der Waals surface area contributed by atoms with Gasteiger partial charge in [0.2, 0.25) is 10.0 Å². The number of hydrogen-bond acceptors (Lipinski definition) is 4. The lowest BCUT2D eigenvalue weighted by atomic mass is 10.2. The first-order valence-electron chi connectivity index (χ1n) is 6.44. The molecule has 0 spiro atoms. The van der Waals surface area contributed by atoms with Crippen LogP contribution in [-0.2, 0) is 16.6 Å². The Morgan fingerprint density at radius 3 is 2.52 bits per heavy atom. The molecule has 2 aromatic rings. The lowest BCUT2D eigenvalue weighted by Crippen LogP contribution is -2.23. The molecule has 0 saturated heterocycles. The van der Waals surface area contributed by atoms with Crippen LogP contribution in [0.25, 0.3) is 0 Å². The van der Waals surface area contributed by atoms with Crippen molar-refractivity contribution in [1.29, 1.82) is 0 Å². The van der Waals surface area contributed by atoms with Crippen molar-refractivity contribution in [2.45, 2.75) is 18.4 Å². The number of benzene rings is 1. The lowest BCUT2D eigenvalue weighted by molar-refractivity contribution is 0.584. The minimum Gasteiger partial charge on any atom is -0.381 e. The summed E-state index contributed by atoms with van der Waals surface area (Å²) in [5.74, 6) is 0. The molecule has 1 aromatic heterocycles. The van der Waals surface area contributed by atoms with Crippen molar-refractivity contribution in [3.05, 3.63) is 52.8 Å². The van der Waals surface area contributed by atoms with E-state index in [9.17, 15) is 8.42 Å². The maximum absolute atomic E-state index is 11.8. The predicted octanol–water partition coefficient (Wildman–Crippen LogP) is 2.75. The maximum atomic E-state index is 11.8. The molecule has 0 fully saturated rings. The van der Waals surface area contributed by atoms with Crippen LogP contribution in [0.1, 0.15) is 12.5 Å². The molecule has 0 aliphatic carbocycles. The molecule has 112 valence electrons. The van der Waals surface area contributed by atoms with Crippen LogP contribution in [0.5, 0.6) is 0 Å². The number of rotatable bonds is 6. The van der Waals surface area contributed by atoms with Crippen LogP contribution in [0.2, 0.25) is 0 Å². The Morgan fingerprint density at radius 1 is 1.19 bits per heavy atom. The third kappa shape index (κ3) is 4.52. The van der Waals surface area contributed by atoms with E-state index in [2.05, 4.69) is 31.0 Å². The third-order valence-electron chi connectivity index (χ3n) is 2.76. The SMILES string of the molecule is CCNS(=O)(=O)c1ccc(NCc2cncc(Br)c2)cc1. The summed E-state index contributed by atoms with van der Waals surface area (Å²) in [5, 5.41) is 3.22. The van der Waals surface area contributed by atoms with Gasteiger partial charge < -0.3 is 5.32 Å². The molecule has 0 atom stereocenters. The number of aromatic nitrogens is 1. The summed E-state index contributed by atoms with van der Waals surface area (Å²) in [6.45, 7) is 2.74. The van der Waals surface area contributed by atoms with Crippen molar-refractivity contribution in [3.8, 4) is 0 Å². The van der Waals surface area contributed by atoms with E-state index < -0.39 is 10.0 Å². The van der Waals surface area contributed by atoms with Gasteiger partial charge in [-0.3, -0.25) is 4.98 Å². The molecule has 0 bridgehead atoms. The number of nitrogens with one attached hydrogen (secondary N) is 2. The zero-order valence-corrected chi connectivity index (χ0v) is 13.9. The standard InChI is InChI=1S/C14H16BrN3O2S/c1-2-18-21(19,20)14-5-3-13(4-6-14)17-9-11-7-12(15)10-16-8-11/h3-8,10,17-18H,2,9H2,1H3. The first kappa shape index (κ1) is 15.9. The molecule has 21 heavy (non-hydrogen) atoms. The van der Waals surface area contributed by atoms with E-state index >= 15 is 0 Å². The summed E-state index contributed by atoms with van der Waals surface area (Å²) in [7, 11) is -3.39. The van der Waals surface area contributed by atoms with E-state index in [0.29, 0.717) is 13.1 Å². The highest BCUT2D eigenvalue weighted by molar-refractivity contribution is 9.10. The van der Waals surface area contributed by atoms with Crippen LogP contribution in [0.15, 0.2) is 52.1 Å². The van der Waals surface area contributed by atoms with Gasteiger partial charge in [-0.05, 0) is 51.8 Å². The van der Waals surface area contributed by atoms with Gasteiger partial charge in [-0.25, -0.2) is 13.1 Å². The Morgan fingerprint density at radius 2 is 1.90 bits per heavy atom. The zero-order valence-electron chi connectivity index (χ0n) is 11.5. The Labute approximate surface area is 133 Å².